The first-order chi connectivity index (χ1) is 4.58. The number of nitrogens with two attached hydrogens (primary N) is 1. The molecule has 1 fully saturated rings. The molecule has 0 unspecified atom stereocenters. The summed E-state index contributed by atoms with van der Waals surface area (Å²) in [7, 11) is 0. The van der Waals surface area contributed by atoms with Crippen LogP contribution in [0.25, 0.3) is 0 Å². The highest BCUT2D eigenvalue weighted by atomic mass is 16.5. The summed E-state index contributed by atoms with van der Waals surface area (Å²) in [6.07, 6.45) is 2.34. The van der Waals surface area contributed by atoms with Crippen molar-refractivity contribution in [2.75, 3.05) is 13.2 Å². The van der Waals surface area contributed by atoms with Gasteiger partial charge in [0, 0.05) is 11.5 Å². The third kappa shape index (κ3) is 2.67. The minimum atomic E-state index is 0.00951. The topological polar surface area (TPSA) is 35.2 Å². The van der Waals surface area contributed by atoms with Crippen molar-refractivity contribution in [3.05, 3.63) is 0 Å². The number of hydrogen-bond donors (Lipinski definition) is 1. The van der Waals surface area contributed by atoms with Gasteiger partial charge in [0.25, 0.3) is 0 Å². The average Bonchev–Trinajstić information content (AvgIpc) is 1.56. The van der Waals surface area contributed by atoms with E-state index in [1.807, 2.05) is 0 Å². The number of ether oxygens (including phenoxy) is 1. The highest BCUT2D eigenvalue weighted by molar-refractivity contribution is 4.75. The van der Waals surface area contributed by atoms with Crippen molar-refractivity contribution in [3.8, 4) is 0 Å². The Bertz CT molecular complexity index is 102. The van der Waals surface area contributed by atoms with Crippen molar-refractivity contribution >= 4 is 0 Å². The van der Waals surface area contributed by atoms with Gasteiger partial charge in [0.05, 0.1) is 13.2 Å². The Morgan fingerprint density at radius 3 is 2.40 bits per heavy atom. The molecule has 60 valence electrons. The maximum Gasteiger partial charge on any atom is 0.0516 e. The van der Waals surface area contributed by atoms with Crippen LogP contribution in [0.4, 0.5) is 0 Å². The van der Waals surface area contributed by atoms with E-state index in [0.29, 0.717) is 0 Å². The van der Waals surface area contributed by atoms with Crippen molar-refractivity contribution in [2.24, 2.45) is 11.7 Å². The third-order valence-electron chi connectivity index (χ3n) is 1.90. The van der Waals surface area contributed by atoms with Crippen molar-refractivity contribution in [3.63, 3.8) is 0 Å². The predicted octanol–water partition coefficient (Wildman–Crippen LogP) is 1.15. The zero-order valence-electron chi connectivity index (χ0n) is 6.89. The van der Waals surface area contributed by atoms with Gasteiger partial charge in [-0.25, -0.2) is 0 Å². The molecular weight excluding hydrogens is 126 g/mol. The number of rotatable bonds is 3. The lowest BCUT2D eigenvalue weighted by molar-refractivity contribution is -0.0379. The van der Waals surface area contributed by atoms with Crippen molar-refractivity contribution in [1.82, 2.24) is 0 Å². The van der Waals surface area contributed by atoms with Crippen LogP contribution in [-0.4, -0.2) is 18.8 Å². The van der Waals surface area contributed by atoms with E-state index in [-0.39, 0.29) is 5.54 Å². The lowest BCUT2D eigenvalue weighted by Gasteiger charge is -2.28. The van der Waals surface area contributed by atoms with Gasteiger partial charge in [-0.05, 0) is 26.7 Å². The van der Waals surface area contributed by atoms with Gasteiger partial charge in [-0.3, -0.25) is 0 Å². The van der Waals surface area contributed by atoms with E-state index in [0.717, 1.165) is 25.6 Å². The molecule has 1 rings (SSSR count). The van der Waals surface area contributed by atoms with E-state index in [9.17, 15) is 0 Å². The average molecular weight is 143 g/mol. The summed E-state index contributed by atoms with van der Waals surface area (Å²) in [5.74, 6) is 0.794. The van der Waals surface area contributed by atoms with Crippen molar-refractivity contribution in [1.29, 1.82) is 0 Å². The summed E-state index contributed by atoms with van der Waals surface area (Å²) in [4.78, 5) is 0. The fourth-order valence-corrected chi connectivity index (χ4v) is 1.03. The minimum Gasteiger partial charge on any atom is -0.381 e. The Hall–Kier alpha value is -0.0800. The Morgan fingerprint density at radius 2 is 2.10 bits per heavy atom. The van der Waals surface area contributed by atoms with E-state index >= 15 is 0 Å². The highest BCUT2D eigenvalue weighted by Gasteiger charge is 2.21. The van der Waals surface area contributed by atoms with Crippen LogP contribution in [0, 0.1) is 5.92 Å². The molecule has 0 aromatic heterocycles. The fraction of sp³-hybridized carbons (Fsp3) is 1.00. The summed E-state index contributed by atoms with van der Waals surface area (Å²) in [6.45, 7) is 6.06. The molecule has 0 bridgehead atoms. The predicted molar refractivity (Wildman–Crippen MR) is 41.8 cm³/mol. The highest BCUT2D eigenvalue weighted by Crippen LogP contribution is 2.19. The molecule has 0 aromatic rings. The molecule has 0 spiro atoms. The molecule has 1 aliphatic heterocycles. The van der Waals surface area contributed by atoms with E-state index < -0.39 is 0 Å². The first-order valence-corrected chi connectivity index (χ1v) is 3.94. The lowest BCUT2D eigenvalue weighted by Crippen LogP contribution is -2.35. The number of hydrogen-bond acceptors (Lipinski definition) is 2. The van der Waals surface area contributed by atoms with Crippen LogP contribution in [0.15, 0.2) is 0 Å². The smallest absolute Gasteiger partial charge is 0.0516 e. The molecule has 0 amide bonds. The van der Waals surface area contributed by atoms with E-state index in [2.05, 4.69) is 13.8 Å². The van der Waals surface area contributed by atoms with Crippen LogP contribution in [0.3, 0.4) is 0 Å². The van der Waals surface area contributed by atoms with Crippen LogP contribution >= 0.6 is 0 Å². The Balaban J connectivity index is 2.04. The van der Waals surface area contributed by atoms with Gasteiger partial charge in [-0.15, -0.1) is 0 Å². The van der Waals surface area contributed by atoms with Gasteiger partial charge in [-0.1, -0.05) is 0 Å². The molecule has 0 atom stereocenters. The summed E-state index contributed by atoms with van der Waals surface area (Å²) in [6, 6.07) is 0. The maximum atomic E-state index is 5.82. The molecule has 2 N–H and O–H groups in total. The van der Waals surface area contributed by atoms with Gasteiger partial charge in [0.2, 0.25) is 0 Å². The molecule has 0 saturated carbocycles. The molecule has 10 heavy (non-hydrogen) atoms. The first kappa shape index (κ1) is 8.02. The monoisotopic (exact) mass is 143 g/mol. The molecule has 0 aromatic carbocycles. The lowest BCUT2D eigenvalue weighted by atomic mass is 9.92. The second-order valence-corrected chi connectivity index (χ2v) is 3.93. The van der Waals surface area contributed by atoms with E-state index in [1.54, 1.807) is 0 Å². The zero-order valence-corrected chi connectivity index (χ0v) is 6.89. The van der Waals surface area contributed by atoms with E-state index in [4.69, 9.17) is 10.5 Å². The summed E-state index contributed by atoms with van der Waals surface area (Å²) >= 11 is 0. The quantitative estimate of drug-likeness (QED) is 0.643. The Morgan fingerprint density at radius 1 is 1.50 bits per heavy atom. The van der Waals surface area contributed by atoms with Crippen LogP contribution < -0.4 is 5.73 Å². The molecular formula is C8H17NO. The van der Waals surface area contributed by atoms with Crippen LogP contribution in [0.1, 0.15) is 26.7 Å². The SMILES string of the molecule is CC(C)(N)CCC1COC1. The Labute approximate surface area is 62.7 Å². The first-order valence-electron chi connectivity index (χ1n) is 3.94. The van der Waals surface area contributed by atoms with Gasteiger partial charge >= 0.3 is 0 Å². The zero-order chi connectivity index (χ0) is 7.61. The normalized spacial score (nSPS) is 20.7. The fourth-order valence-electron chi connectivity index (χ4n) is 1.03. The Kier molecular flexibility index (Phi) is 2.32. The van der Waals surface area contributed by atoms with Crippen molar-refractivity contribution in [2.45, 2.75) is 32.2 Å². The molecule has 1 heterocycles. The minimum absolute atomic E-state index is 0.00951. The molecule has 2 heteroatoms. The molecule has 1 aliphatic rings. The van der Waals surface area contributed by atoms with E-state index in [1.165, 1.54) is 6.42 Å². The van der Waals surface area contributed by atoms with Gasteiger partial charge < -0.3 is 10.5 Å². The van der Waals surface area contributed by atoms with Gasteiger partial charge in [0.1, 0.15) is 0 Å². The largest absolute Gasteiger partial charge is 0.381 e. The summed E-state index contributed by atoms with van der Waals surface area (Å²) < 4.78 is 5.06. The molecule has 1 saturated heterocycles. The third-order valence-corrected chi connectivity index (χ3v) is 1.90. The van der Waals surface area contributed by atoms with Crippen LogP contribution in [0.2, 0.25) is 0 Å². The summed E-state index contributed by atoms with van der Waals surface area (Å²) in [5, 5.41) is 0. The molecule has 0 radical (unpaired) electrons. The molecule has 0 aliphatic carbocycles. The van der Waals surface area contributed by atoms with Crippen LogP contribution in [-0.2, 0) is 4.74 Å². The summed E-state index contributed by atoms with van der Waals surface area (Å²) in [5.41, 5.74) is 5.83. The van der Waals surface area contributed by atoms with Gasteiger partial charge in [0.15, 0.2) is 0 Å². The second kappa shape index (κ2) is 2.89. The maximum absolute atomic E-state index is 5.82. The molecule has 2 nitrogen and oxygen atoms in total. The van der Waals surface area contributed by atoms with Gasteiger partial charge in [-0.2, -0.15) is 0 Å². The standard InChI is InChI=1S/C8H17NO/c1-8(2,9)4-3-7-5-10-6-7/h7H,3-6,9H2,1-2H3. The second-order valence-electron chi connectivity index (χ2n) is 3.93. The van der Waals surface area contributed by atoms with Crippen molar-refractivity contribution < 1.29 is 4.74 Å². The van der Waals surface area contributed by atoms with Crippen LogP contribution in [0.5, 0.6) is 0 Å².